The van der Waals surface area contributed by atoms with Crippen LogP contribution in [0.2, 0.25) is 0 Å². The molecule has 2 aromatic heterocycles. The Morgan fingerprint density at radius 2 is 1.92 bits per heavy atom. The number of hydrogen-bond acceptors (Lipinski definition) is 6. The molecule has 136 valence electrons. The molecule has 0 amide bonds. The standard InChI is InChI=1S/C18H17NO6S/c1-24-7-8-25-12-4-2-11(3-5-12)10-19-13-6-9-26-16(13)14(18(22)23)15(20)17(19)21/h2-6,9,20H,7-8,10H2,1H3,(H,22,23). The summed E-state index contributed by atoms with van der Waals surface area (Å²) in [4.78, 5) is 23.8. The summed E-state index contributed by atoms with van der Waals surface area (Å²) in [5.74, 6) is -1.38. The molecule has 2 N–H and O–H groups in total. The number of fused-ring (bicyclic) bond motifs is 1. The van der Waals surface area contributed by atoms with E-state index in [-0.39, 0.29) is 12.1 Å². The number of carbonyl (C=O) groups is 1. The van der Waals surface area contributed by atoms with Gasteiger partial charge in [-0.3, -0.25) is 9.36 Å². The van der Waals surface area contributed by atoms with Gasteiger partial charge in [-0.05, 0) is 29.1 Å². The van der Waals surface area contributed by atoms with Crippen molar-refractivity contribution in [2.24, 2.45) is 0 Å². The fraction of sp³-hybridized carbons (Fsp3) is 0.222. The van der Waals surface area contributed by atoms with E-state index in [1.54, 1.807) is 30.7 Å². The van der Waals surface area contributed by atoms with Crippen molar-refractivity contribution in [3.8, 4) is 11.5 Å². The number of rotatable bonds is 7. The van der Waals surface area contributed by atoms with E-state index in [1.165, 1.54) is 15.9 Å². The van der Waals surface area contributed by atoms with Crippen LogP contribution < -0.4 is 10.3 Å². The van der Waals surface area contributed by atoms with Crippen LogP contribution in [0.4, 0.5) is 0 Å². The SMILES string of the molecule is COCCOc1ccc(Cn2c(=O)c(O)c(C(=O)O)c3sccc32)cc1. The van der Waals surface area contributed by atoms with Gasteiger partial charge in [0.2, 0.25) is 0 Å². The Hall–Kier alpha value is -2.84. The van der Waals surface area contributed by atoms with Crippen LogP contribution in [-0.2, 0) is 11.3 Å². The van der Waals surface area contributed by atoms with Crippen LogP contribution in [0.15, 0.2) is 40.5 Å². The lowest BCUT2D eigenvalue weighted by molar-refractivity contribution is 0.0695. The predicted octanol–water partition coefficient (Wildman–Crippen LogP) is 2.54. The Bertz CT molecular complexity index is 989. The molecule has 8 heteroatoms. The van der Waals surface area contributed by atoms with Crippen LogP contribution in [-0.4, -0.2) is 41.1 Å². The van der Waals surface area contributed by atoms with Crippen molar-refractivity contribution in [1.29, 1.82) is 0 Å². The van der Waals surface area contributed by atoms with E-state index in [9.17, 15) is 19.8 Å². The Kier molecular flexibility index (Phi) is 5.24. The summed E-state index contributed by atoms with van der Waals surface area (Å²) in [6, 6.07) is 8.87. The first kappa shape index (κ1) is 18.0. The Morgan fingerprint density at radius 3 is 2.58 bits per heavy atom. The first-order chi connectivity index (χ1) is 12.5. The monoisotopic (exact) mass is 375 g/mol. The molecule has 0 saturated heterocycles. The average molecular weight is 375 g/mol. The summed E-state index contributed by atoms with van der Waals surface area (Å²) in [5.41, 5.74) is 0.226. The molecule has 0 aliphatic rings. The van der Waals surface area contributed by atoms with Gasteiger partial charge >= 0.3 is 5.97 Å². The molecule has 0 spiro atoms. The van der Waals surface area contributed by atoms with Gasteiger partial charge in [-0.15, -0.1) is 11.3 Å². The minimum atomic E-state index is -1.32. The maximum atomic E-state index is 12.5. The summed E-state index contributed by atoms with van der Waals surface area (Å²) in [6.07, 6.45) is 0. The Balaban J connectivity index is 1.93. The molecule has 0 fully saturated rings. The molecule has 0 bridgehead atoms. The smallest absolute Gasteiger partial charge is 0.341 e. The van der Waals surface area contributed by atoms with Gasteiger partial charge in [0.05, 0.1) is 23.4 Å². The topological polar surface area (TPSA) is 98.0 Å². The summed E-state index contributed by atoms with van der Waals surface area (Å²) in [6.45, 7) is 1.13. The molecule has 0 radical (unpaired) electrons. The van der Waals surface area contributed by atoms with E-state index in [1.807, 2.05) is 12.1 Å². The zero-order valence-corrected chi connectivity index (χ0v) is 14.8. The number of benzene rings is 1. The normalized spacial score (nSPS) is 11.0. The highest BCUT2D eigenvalue weighted by atomic mass is 32.1. The van der Waals surface area contributed by atoms with Gasteiger partial charge in [0.1, 0.15) is 17.9 Å². The highest BCUT2D eigenvalue weighted by molar-refractivity contribution is 7.17. The number of methoxy groups -OCH3 is 1. The first-order valence-corrected chi connectivity index (χ1v) is 8.68. The number of pyridine rings is 1. The highest BCUT2D eigenvalue weighted by Crippen LogP contribution is 2.29. The van der Waals surface area contributed by atoms with Gasteiger partial charge in [0, 0.05) is 7.11 Å². The quantitative estimate of drug-likeness (QED) is 0.616. The maximum absolute atomic E-state index is 12.5. The molecular formula is C18H17NO6S. The minimum absolute atomic E-state index is 0.206. The van der Waals surface area contributed by atoms with E-state index in [0.29, 0.717) is 29.2 Å². The second-order valence-electron chi connectivity index (χ2n) is 5.54. The Labute approximate surface area is 152 Å². The van der Waals surface area contributed by atoms with Crippen LogP contribution in [0.3, 0.4) is 0 Å². The predicted molar refractivity (Wildman–Crippen MR) is 97.6 cm³/mol. The van der Waals surface area contributed by atoms with Crippen molar-refractivity contribution in [2.75, 3.05) is 20.3 Å². The number of aromatic carboxylic acids is 1. The third-order valence-electron chi connectivity index (χ3n) is 3.88. The number of aromatic nitrogens is 1. The van der Waals surface area contributed by atoms with Crippen molar-refractivity contribution in [2.45, 2.75) is 6.54 Å². The molecule has 1 aromatic carbocycles. The lowest BCUT2D eigenvalue weighted by Crippen LogP contribution is -2.22. The highest BCUT2D eigenvalue weighted by Gasteiger charge is 2.22. The van der Waals surface area contributed by atoms with Crippen LogP contribution in [0.25, 0.3) is 10.2 Å². The fourth-order valence-electron chi connectivity index (χ4n) is 2.63. The summed E-state index contributed by atoms with van der Waals surface area (Å²) in [5, 5.41) is 21.0. The third kappa shape index (κ3) is 3.42. The average Bonchev–Trinajstić information content (AvgIpc) is 3.09. The van der Waals surface area contributed by atoms with Gasteiger partial charge in [-0.2, -0.15) is 0 Å². The van der Waals surface area contributed by atoms with E-state index >= 15 is 0 Å². The van der Waals surface area contributed by atoms with E-state index < -0.39 is 17.3 Å². The summed E-state index contributed by atoms with van der Waals surface area (Å²) < 4.78 is 12.2. The number of carboxylic acids is 1. The van der Waals surface area contributed by atoms with Crippen molar-refractivity contribution in [3.05, 3.63) is 57.2 Å². The first-order valence-electron chi connectivity index (χ1n) is 7.80. The van der Waals surface area contributed by atoms with Gasteiger partial charge in [-0.25, -0.2) is 4.79 Å². The number of carboxylic acid groups (broad SMARTS) is 1. The minimum Gasteiger partial charge on any atom is -0.502 e. The second kappa shape index (κ2) is 7.59. The van der Waals surface area contributed by atoms with Gasteiger partial charge in [0.25, 0.3) is 5.56 Å². The largest absolute Gasteiger partial charge is 0.502 e. The van der Waals surface area contributed by atoms with Gasteiger partial charge in [0.15, 0.2) is 5.75 Å². The number of ether oxygens (including phenoxy) is 2. The lowest BCUT2D eigenvalue weighted by atomic mass is 10.1. The molecule has 3 aromatic rings. The number of aromatic hydroxyl groups is 1. The van der Waals surface area contributed by atoms with Gasteiger partial charge in [-0.1, -0.05) is 12.1 Å². The molecule has 0 aliphatic heterocycles. The molecule has 0 unspecified atom stereocenters. The van der Waals surface area contributed by atoms with Crippen molar-refractivity contribution in [1.82, 2.24) is 4.57 Å². The zero-order valence-electron chi connectivity index (χ0n) is 14.0. The van der Waals surface area contributed by atoms with E-state index in [0.717, 1.165) is 5.56 Å². The second-order valence-corrected chi connectivity index (χ2v) is 6.46. The summed E-state index contributed by atoms with van der Waals surface area (Å²) >= 11 is 1.17. The van der Waals surface area contributed by atoms with Crippen LogP contribution in [0, 0.1) is 0 Å². The Morgan fingerprint density at radius 1 is 1.19 bits per heavy atom. The molecule has 0 aliphatic carbocycles. The molecule has 3 rings (SSSR count). The van der Waals surface area contributed by atoms with E-state index in [2.05, 4.69) is 0 Å². The number of hydrogen-bond donors (Lipinski definition) is 2. The van der Waals surface area contributed by atoms with Crippen molar-refractivity contribution in [3.63, 3.8) is 0 Å². The fourth-order valence-corrected chi connectivity index (χ4v) is 3.56. The molecular weight excluding hydrogens is 358 g/mol. The zero-order chi connectivity index (χ0) is 18.7. The van der Waals surface area contributed by atoms with E-state index in [4.69, 9.17) is 9.47 Å². The van der Waals surface area contributed by atoms with Crippen LogP contribution >= 0.6 is 11.3 Å². The van der Waals surface area contributed by atoms with Crippen LogP contribution in [0.5, 0.6) is 11.5 Å². The molecule has 0 atom stereocenters. The summed E-state index contributed by atoms with van der Waals surface area (Å²) in [7, 11) is 1.60. The van der Waals surface area contributed by atoms with Crippen LogP contribution in [0.1, 0.15) is 15.9 Å². The molecule has 7 nitrogen and oxygen atoms in total. The molecule has 2 heterocycles. The third-order valence-corrected chi connectivity index (χ3v) is 4.80. The van der Waals surface area contributed by atoms with Crippen molar-refractivity contribution >= 4 is 27.5 Å². The number of nitrogens with zero attached hydrogens (tertiary/aromatic N) is 1. The maximum Gasteiger partial charge on any atom is 0.341 e. The molecule has 26 heavy (non-hydrogen) atoms. The number of thiophene rings is 1. The lowest BCUT2D eigenvalue weighted by Gasteiger charge is -2.12. The van der Waals surface area contributed by atoms with Crippen molar-refractivity contribution < 1.29 is 24.5 Å². The van der Waals surface area contributed by atoms with Gasteiger partial charge < -0.3 is 19.7 Å². The molecule has 0 saturated carbocycles.